The molecule has 3 aliphatic heterocycles. The fourth-order valence-corrected chi connectivity index (χ4v) is 4.68. The van der Waals surface area contributed by atoms with Gasteiger partial charge in [0, 0.05) is 38.3 Å². The van der Waals surface area contributed by atoms with Crippen LogP contribution in [-0.2, 0) is 17.8 Å². The van der Waals surface area contributed by atoms with Crippen molar-refractivity contribution < 1.29 is 27.5 Å². The first kappa shape index (κ1) is 21.0. The predicted molar refractivity (Wildman–Crippen MR) is 99.7 cm³/mol. The second-order valence-corrected chi connectivity index (χ2v) is 8.23. The Morgan fingerprint density at radius 1 is 1.20 bits per heavy atom. The van der Waals surface area contributed by atoms with Crippen LogP contribution >= 0.6 is 0 Å². The number of hydrogen-bond acceptors (Lipinski definition) is 5. The number of ether oxygens (including phenoxy) is 1. The molecule has 4 heterocycles. The lowest BCUT2D eigenvalue weighted by atomic mass is 9.85. The average molecular weight is 429 g/mol. The van der Waals surface area contributed by atoms with Gasteiger partial charge in [0.25, 0.3) is 5.91 Å². The van der Waals surface area contributed by atoms with Crippen molar-refractivity contribution in [2.24, 2.45) is 0 Å². The molecule has 4 rings (SSSR count). The molecule has 1 atom stereocenters. The van der Waals surface area contributed by atoms with Crippen LogP contribution in [0.1, 0.15) is 48.9 Å². The minimum atomic E-state index is -4.58. The number of rotatable bonds is 2. The number of fused-ring (bicyclic) bond motifs is 1. The summed E-state index contributed by atoms with van der Waals surface area (Å²) >= 11 is 0. The van der Waals surface area contributed by atoms with E-state index in [2.05, 4.69) is 15.0 Å². The summed E-state index contributed by atoms with van der Waals surface area (Å²) in [5, 5.41) is 3.23. The number of carbonyl (C=O) groups excluding carboxylic acids is 2. The number of halogens is 3. The number of nitrogens with zero attached hydrogens (tertiary/aromatic N) is 4. The summed E-state index contributed by atoms with van der Waals surface area (Å²) in [7, 11) is 0. The highest BCUT2D eigenvalue weighted by molar-refractivity contribution is 5.93. The Bertz CT molecular complexity index is 817. The summed E-state index contributed by atoms with van der Waals surface area (Å²) in [5.74, 6) is 0.782. The monoisotopic (exact) mass is 429 g/mol. The number of nitrogens with one attached hydrogen (secondary N) is 1. The van der Waals surface area contributed by atoms with Gasteiger partial charge in [0.05, 0.1) is 12.7 Å². The van der Waals surface area contributed by atoms with E-state index in [9.17, 15) is 22.8 Å². The van der Waals surface area contributed by atoms with Crippen molar-refractivity contribution in [2.75, 3.05) is 26.2 Å². The molecule has 0 radical (unpaired) electrons. The number of alkyl halides is 3. The maximum Gasteiger partial charge on any atom is 0.425 e. The van der Waals surface area contributed by atoms with E-state index >= 15 is 0 Å². The van der Waals surface area contributed by atoms with Crippen molar-refractivity contribution >= 4 is 12.0 Å². The standard InChI is InChI=1S/C19H26F3N5O3/c1-13(19(20,21)22)30-17(29)25-8-4-18(5-9-25)3-2-7-27(18)16(28)14-11-24-15-12-23-6-10-26(14)15/h11,13,23H,2-10,12H2,1H3. The van der Waals surface area contributed by atoms with Crippen molar-refractivity contribution in [2.45, 2.75) is 63.5 Å². The van der Waals surface area contributed by atoms with Crippen molar-refractivity contribution in [3.8, 4) is 0 Å². The molecule has 1 aromatic rings. The van der Waals surface area contributed by atoms with E-state index in [1.165, 1.54) is 4.90 Å². The van der Waals surface area contributed by atoms with Gasteiger partial charge in [0.2, 0.25) is 0 Å². The molecule has 2 amide bonds. The fourth-order valence-electron chi connectivity index (χ4n) is 4.68. The molecular formula is C19H26F3N5O3. The van der Waals surface area contributed by atoms with Gasteiger partial charge < -0.3 is 24.4 Å². The van der Waals surface area contributed by atoms with Crippen LogP contribution in [0.15, 0.2) is 6.20 Å². The molecule has 8 nitrogen and oxygen atoms in total. The molecule has 0 saturated carbocycles. The highest BCUT2D eigenvalue weighted by Crippen LogP contribution is 2.39. The quantitative estimate of drug-likeness (QED) is 0.779. The molecular weight excluding hydrogens is 403 g/mol. The number of amides is 2. The molecule has 2 saturated heterocycles. The topological polar surface area (TPSA) is 79.7 Å². The van der Waals surface area contributed by atoms with Crippen LogP contribution in [0.25, 0.3) is 0 Å². The Hall–Kier alpha value is -2.30. The van der Waals surface area contributed by atoms with E-state index in [0.29, 0.717) is 38.2 Å². The second kappa shape index (κ2) is 7.75. The Kier molecular flexibility index (Phi) is 5.41. The maximum atomic E-state index is 13.3. The van der Waals surface area contributed by atoms with E-state index in [1.54, 1.807) is 6.20 Å². The van der Waals surface area contributed by atoms with Gasteiger partial charge in [-0.2, -0.15) is 13.2 Å². The maximum absolute atomic E-state index is 13.3. The molecule has 3 aliphatic rings. The number of hydrogen-bond donors (Lipinski definition) is 1. The molecule has 0 aliphatic carbocycles. The predicted octanol–water partition coefficient (Wildman–Crippen LogP) is 2.14. The minimum Gasteiger partial charge on any atom is -0.437 e. The Morgan fingerprint density at radius 3 is 2.63 bits per heavy atom. The van der Waals surface area contributed by atoms with E-state index in [4.69, 9.17) is 0 Å². The number of aromatic nitrogens is 2. The highest BCUT2D eigenvalue weighted by atomic mass is 19.4. The number of piperidine rings is 1. The van der Waals surface area contributed by atoms with E-state index in [-0.39, 0.29) is 24.5 Å². The summed E-state index contributed by atoms with van der Waals surface area (Å²) in [5.41, 5.74) is 0.204. The van der Waals surface area contributed by atoms with Crippen molar-refractivity contribution in [1.29, 1.82) is 0 Å². The zero-order valence-corrected chi connectivity index (χ0v) is 16.9. The molecule has 11 heteroatoms. The van der Waals surface area contributed by atoms with Crippen LogP contribution < -0.4 is 5.32 Å². The number of carbonyl (C=O) groups is 2. The normalized spacial score (nSPS) is 22.1. The first-order chi connectivity index (χ1) is 14.2. The summed E-state index contributed by atoms with van der Waals surface area (Å²) < 4.78 is 44.5. The smallest absolute Gasteiger partial charge is 0.425 e. The molecule has 1 aromatic heterocycles. The SMILES string of the molecule is CC(OC(=O)N1CCC2(CCCN2C(=O)c2cnc3n2CCNC3)CC1)C(F)(F)F. The Balaban J connectivity index is 1.42. The number of imidazole rings is 1. The van der Waals surface area contributed by atoms with Crippen molar-refractivity contribution in [1.82, 2.24) is 24.7 Å². The molecule has 1 spiro atoms. The molecule has 0 aromatic carbocycles. The molecule has 30 heavy (non-hydrogen) atoms. The van der Waals surface area contributed by atoms with Gasteiger partial charge in [-0.05, 0) is 32.6 Å². The van der Waals surface area contributed by atoms with Gasteiger partial charge in [-0.1, -0.05) is 0 Å². The van der Waals surface area contributed by atoms with Crippen LogP contribution in [0.5, 0.6) is 0 Å². The summed E-state index contributed by atoms with van der Waals surface area (Å²) in [4.78, 5) is 33.0. The van der Waals surface area contributed by atoms with Gasteiger partial charge in [0.1, 0.15) is 11.5 Å². The average Bonchev–Trinajstić information content (AvgIpc) is 3.32. The largest absolute Gasteiger partial charge is 0.437 e. The molecule has 2 fully saturated rings. The van der Waals surface area contributed by atoms with E-state index < -0.39 is 18.4 Å². The van der Waals surface area contributed by atoms with Gasteiger partial charge in [-0.25, -0.2) is 9.78 Å². The molecule has 1 unspecified atom stereocenters. The first-order valence-corrected chi connectivity index (χ1v) is 10.3. The lowest BCUT2D eigenvalue weighted by molar-refractivity contribution is -0.200. The van der Waals surface area contributed by atoms with Crippen molar-refractivity contribution in [3.05, 3.63) is 17.7 Å². The number of likely N-dealkylation sites (tertiary alicyclic amines) is 2. The van der Waals surface area contributed by atoms with Crippen LogP contribution in [0.2, 0.25) is 0 Å². The van der Waals surface area contributed by atoms with E-state index in [1.807, 2.05) is 9.47 Å². The third kappa shape index (κ3) is 3.75. The molecule has 1 N–H and O–H groups in total. The summed E-state index contributed by atoms with van der Waals surface area (Å²) in [6, 6.07) is 0. The van der Waals surface area contributed by atoms with Crippen LogP contribution in [0.4, 0.5) is 18.0 Å². The van der Waals surface area contributed by atoms with Crippen LogP contribution in [-0.4, -0.2) is 75.3 Å². The Labute approximate surface area is 172 Å². The van der Waals surface area contributed by atoms with Crippen LogP contribution in [0, 0.1) is 0 Å². The molecule has 0 bridgehead atoms. The third-order valence-electron chi connectivity index (χ3n) is 6.49. The minimum absolute atomic E-state index is 0.0603. The fraction of sp³-hybridized carbons (Fsp3) is 0.737. The zero-order chi connectivity index (χ0) is 21.5. The third-order valence-corrected chi connectivity index (χ3v) is 6.49. The van der Waals surface area contributed by atoms with Crippen LogP contribution in [0.3, 0.4) is 0 Å². The lowest BCUT2D eigenvalue weighted by Crippen LogP contribution is -2.55. The second-order valence-electron chi connectivity index (χ2n) is 8.23. The van der Waals surface area contributed by atoms with Gasteiger partial charge in [-0.15, -0.1) is 0 Å². The highest BCUT2D eigenvalue weighted by Gasteiger charge is 2.48. The van der Waals surface area contributed by atoms with Gasteiger partial charge in [0.15, 0.2) is 6.10 Å². The first-order valence-electron chi connectivity index (χ1n) is 10.3. The lowest BCUT2D eigenvalue weighted by Gasteiger charge is -2.44. The molecule has 166 valence electrons. The van der Waals surface area contributed by atoms with Gasteiger partial charge >= 0.3 is 12.3 Å². The van der Waals surface area contributed by atoms with E-state index in [0.717, 1.165) is 32.1 Å². The van der Waals surface area contributed by atoms with Gasteiger partial charge in [-0.3, -0.25) is 4.79 Å². The van der Waals surface area contributed by atoms with Crippen molar-refractivity contribution in [3.63, 3.8) is 0 Å². The summed E-state index contributed by atoms with van der Waals surface area (Å²) in [6.45, 7) is 4.08. The summed E-state index contributed by atoms with van der Waals surface area (Å²) in [6.07, 6.45) is -3.32. The Morgan fingerprint density at radius 2 is 1.93 bits per heavy atom. The zero-order valence-electron chi connectivity index (χ0n) is 16.9.